The van der Waals surface area contributed by atoms with Gasteiger partial charge in [-0.1, -0.05) is 25.1 Å². The summed E-state index contributed by atoms with van der Waals surface area (Å²) in [6.07, 6.45) is -0.501. The molecule has 0 aromatic heterocycles. The van der Waals surface area contributed by atoms with Gasteiger partial charge in [0.15, 0.2) is 0 Å². The molecule has 1 aliphatic heterocycles. The summed E-state index contributed by atoms with van der Waals surface area (Å²) in [5, 5.41) is 9.77. The van der Waals surface area contributed by atoms with Gasteiger partial charge < -0.3 is 19.6 Å². The molecule has 1 aliphatic rings. The Kier molecular flexibility index (Phi) is 7.66. The molecule has 180 valence electrons. The van der Waals surface area contributed by atoms with Crippen LogP contribution in [-0.4, -0.2) is 81.6 Å². The van der Waals surface area contributed by atoms with E-state index in [1.807, 2.05) is 32.0 Å². The van der Waals surface area contributed by atoms with Crippen molar-refractivity contribution in [1.29, 1.82) is 0 Å². The minimum absolute atomic E-state index is 0.114. The molecule has 2 aromatic carbocycles. The third-order valence-corrected chi connectivity index (χ3v) is 7.89. The fourth-order valence-electron chi connectivity index (χ4n) is 3.83. The number of anilines is 1. The molecule has 1 N–H and O–H groups in total. The van der Waals surface area contributed by atoms with Crippen molar-refractivity contribution in [2.75, 3.05) is 45.7 Å². The van der Waals surface area contributed by atoms with Crippen LogP contribution in [0.25, 0.3) is 0 Å². The van der Waals surface area contributed by atoms with Crippen LogP contribution in [0.1, 0.15) is 24.2 Å². The highest BCUT2D eigenvalue weighted by atomic mass is 32.2. The van der Waals surface area contributed by atoms with Crippen molar-refractivity contribution in [3.05, 3.63) is 54.1 Å². The summed E-state index contributed by atoms with van der Waals surface area (Å²) in [6.45, 7) is 3.99. The SMILES string of the molecule is C[C@@H]1CN([C@@H](C)CO)C(=O)c2cc(N(C)C)ccc2O[C@H]1CN(C)S(=O)(=O)c1ccccc1. The lowest BCUT2D eigenvalue weighted by molar-refractivity contribution is 0.0387. The molecule has 9 heteroatoms. The second-order valence-corrected chi connectivity index (χ2v) is 10.8. The first kappa shape index (κ1) is 25.0. The van der Waals surface area contributed by atoms with Crippen LogP contribution in [0.4, 0.5) is 5.69 Å². The van der Waals surface area contributed by atoms with E-state index >= 15 is 0 Å². The number of benzene rings is 2. The molecule has 0 radical (unpaired) electrons. The molecule has 8 nitrogen and oxygen atoms in total. The summed E-state index contributed by atoms with van der Waals surface area (Å²) in [5.41, 5.74) is 1.24. The molecule has 0 spiro atoms. The number of aliphatic hydroxyl groups is 1. The Morgan fingerprint density at radius 3 is 2.42 bits per heavy atom. The van der Waals surface area contributed by atoms with Crippen molar-refractivity contribution in [3.63, 3.8) is 0 Å². The molecule has 33 heavy (non-hydrogen) atoms. The molecule has 1 amide bonds. The van der Waals surface area contributed by atoms with Crippen molar-refractivity contribution in [3.8, 4) is 5.75 Å². The Balaban J connectivity index is 1.98. The monoisotopic (exact) mass is 475 g/mol. The Morgan fingerprint density at radius 1 is 1.15 bits per heavy atom. The third-order valence-electron chi connectivity index (χ3n) is 6.05. The first-order valence-electron chi connectivity index (χ1n) is 11.0. The first-order valence-corrected chi connectivity index (χ1v) is 12.4. The molecule has 1 heterocycles. The number of ether oxygens (including phenoxy) is 1. The zero-order chi connectivity index (χ0) is 24.3. The number of aliphatic hydroxyl groups excluding tert-OH is 1. The maximum atomic E-state index is 13.4. The molecular formula is C24H33N3O5S. The second kappa shape index (κ2) is 10.1. The quantitative estimate of drug-likeness (QED) is 0.661. The van der Waals surface area contributed by atoms with Gasteiger partial charge in [0, 0.05) is 39.3 Å². The molecule has 0 saturated carbocycles. The van der Waals surface area contributed by atoms with E-state index in [0.717, 1.165) is 5.69 Å². The van der Waals surface area contributed by atoms with Crippen molar-refractivity contribution < 1.29 is 23.1 Å². The van der Waals surface area contributed by atoms with Crippen LogP contribution < -0.4 is 9.64 Å². The summed E-state index contributed by atoms with van der Waals surface area (Å²) in [7, 11) is 1.61. The van der Waals surface area contributed by atoms with Crippen LogP contribution in [0.2, 0.25) is 0 Å². The number of hydrogen-bond acceptors (Lipinski definition) is 6. The number of nitrogens with zero attached hydrogens (tertiary/aromatic N) is 3. The van der Waals surface area contributed by atoms with Gasteiger partial charge in [-0.05, 0) is 37.3 Å². The molecule has 0 aliphatic carbocycles. The minimum atomic E-state index is -3.70. The standard InChI is InChI=1S/C24H33N3O5S/c1-17-14-27(18(2)16-28)24(29)21-13-19(25(3)4)11-12-22(21)32-23(17)15-26(5)33(30,31)20-9-7-6-8-10-20/h6-13,17-18,23,28H,14-16H2,1-5H3/t17-,18+,23+/m1/s1. The number of likely N-dealkylation sites (N-methyl/N-ethyl adjacent to an activating group) is 1. The molecule has 3 rings (SSSR count). The van der Waals surface area contributed by atoms with E-state index in [2.05, 4.69) is 0 Å². The number of carbonyl (C=O) groups excluding carboxylic acids is 1. The van der Waals surface area contributed by atoms with Crippen LogP contribution in [0.3, 0.4) is 0 Å². The van der Waals surface area contributed by atoms with E-state index in [1.54, 1.807) is 54.3 Å². The van der Waals surface area contributed by atoms with Crippen molar-refractivity contribution in [1.82, 2.24) is 9.21 Å². The predicted molar refractivity (Wildman–Crippen MR) is 128 cm³/mol. The largest absolute Gasteiger partial charge is 0.488 e. The van der Waals surface area contributed by atoms with E-state index in [0.29, 0.717) is 17.9 Å². The fourth-order valence-corrected chi connectivity index (χ4v) is 5.03. The second-order valence-electron chi connectivity index (χ2n) is 8.80. The highest BCUT2D eigenvalue weighted by Gasteiger charge is 2.35. The molecule has 0 unspecified atom stereocenters. The van der Waals surface area contributed by atoms with Crippen LogP contribution in [0.5, 0.6) is 5.75 Å². The zero-order valence-corrected chi connectivity index (χ0v) is 20.6. The van der Waals surface area contributed by atoms with Crippen molar-refractivity contribution >= 4 is 21.6 Å². The van der Waals surface area contributed by atoms with Crippen LogP contribution in [0.15, 0.2) is 53.4 Å². The first-order chi connectivity index (χ1) is 15.6. The van der Waals surface area contributed by atoms with E-state index in [9.17, 15) is 18.3 Å². The van der Waals surface area contributed by atoms with Crippen molar-refractivity contribution in [2.24, 2.45) is 5.92 Å². The average Bonchev–Trinajstić information content (AvgIpc) is 2.80. The summed E-state index contributed by atoms with van der Waals surface area (Å²) in [6, 6.07) is 13.3. The number of fused-ring (bicyclic) bond motifs is 1. The molecule has 0 saturated heterocycles. The zero-order valence-electron chi connectivity index (χ0n) is 19.8. The van der Waals surface area contributed by atoms with Gasteiger partial charge in [-0.25, -0.2) is 8.42 Å². The summed E-state index contributed by atoms with van der Waals surface area (Å²) in [5.74, 6) is 0.00617. The number of hydrogen-bond donors (Lipinski definition) is 1. The lowest BCUT2D eigenvalue weighted by Crippen LogP contribution is -2.50. The summed E-state index contributed by atoms with van der Waals surface area (Å²) in [4.78, 5) is 17.1. The predicted octanol–water partition coefficient (Wildman–Crippen LogP) is 2.29. The van der Waals surface area contributed by atoms with Crippen LogP contribution in [-0.2, 0) is 10.0 Å². The van der Waals surface area contributed by atoms with Gasteiger partial charge in [-0.2, -0.15) is 4.31 Å². The molecule has 3 atom stereocenters. The Bertz CT molecular complexity index is 1070. The maximum Gasteiger partial charge on any atom is 0.258 e. The average molecular weight is 476 g/mol. The molecular weight excluding hydrogens is 442 g/mol. The normalized spacial score (nSPS) is 20.0. The minimum Gasteiger partial charge on any atom is -0.488 e. The van der Waals surface area contributed by atoms with E-state index in [4.69, 9.17) is 4.74 Å². The molecule has 2 aromatic rings. The lowest BCUT2D eigenvalue weighted by atomic mass is 9.99. The Hall–Kier alpha value is -2.62. The van der Waals surface area contributed by atoms with Gasteiger partial charge >= 0.3 is 0 Å². The number of carbonyl (C=O) groups is 1. The highest BCUT2D eigenvalue weighted by molar-refractivity contribution is 7.89. The number of sulfonamides is 1. The number of rotatable bonds is 7. The number of amides is 1. The summed E-state index contributed by atoms with van der Waals surface area (Å²) < 4.78 is 33.7. The van der Waals surface area contributed by atoms with Gasteiger partial charge in [-0.15, -0.1) is 0 Å². The van der Waals surface area contributed by atoms with Crippen LogP contribution in [0, 0.1) is 5.92 Å². The Morgan fingerprint density at radius 2 is 1.82 bits per heavy atom. The topological polar surface area (TPSA) is 90.4 Å². The smallest absolute Gasteiger partial charge is 0.258 e. The van der Waals surface area contributed by atoms with Gasteiger partial charge in [-0.3, -0.25) is 4.79 Å². The highest BCUT2D eigenvalue weighted by Crippen LogP contribution is 2.31. The van der Waals surface area contributed by atoms with Gasteiger partial charge in [0.2, 0.25) is 10.0 Å². The Labute approximate surface area is 196 Å². The van der Waals surface area contributed by atoms with E-state index in [-0.39, 0.29) is 35.9 Å². The lowest BCUT2D eigenvalue weighted by Gasteiger charge is -2.38. The van der Waals surface area contributed by atoms with Crippen molar-refractivity contribution in [2.45, 2.75) is 30.9 Å². The molecule has 0 bridgehead atoms. The molecule has 0 fully saturated rings. The maximum absolute atomic E-state index is 13.4. The van der Waals surface area contributed by atoms with Gasteiger partial charge in [0.05, 0.1) is 29.7 Å². The fraction of sp³-hybridized carbons (Fsp3) is 0.458. The van der Waals surface area contributed by atoms with E-state index in [1.165, 1.54) is 11.4 Å². The third kappa shape index (κ3) is 5.31. The van der Waals surface area contributed by atoms with Gasteiger partial charge in [0.25, 0.3) is 5.91 Å². The van der Waals surface area contributed by atoms with Crippen LogP contribution >= 0.6 is 0 Å². The van der Waals surface area contributed by atoms with E-state index < -0.39 is 16.1 Å². The van der Waals surface area contributed by atoms with Gasteiger partial charge in [0.1, 0.15) is 11.9 Å². The summed E-state index contributed by atoms with van der Waals surface area (Å²) >= 11 is 0.